The van der Waals surface area contributed by atoms with Gasteiger partial charge in [0.15, 0.2) is 0 Å². The number of aromatic nitrogens is 2. The second kappa shape index (κ2) is 6.60. The number of pyridine rings is 2. The molecule has 0 atom stereocenters. The van der Waals surface area contributed by atoms with Crippen LogP contribution < -0.4 is 10.2 Å². The van der Waals surface area contributed by atoms with Crippen molar-refractivity contribution < 1.29 is 4.79 Å². The molecule has 6 nitrogen and oxygen atoms in total. The summed E-state index contributed by atoms with van der Waals surface area (Å²) in [5, 5.41) is 3.47. The molecule has 140 valence electrons. The predicted octanol–water partition coefficient (Wildman–Crippen LogP) is 1.80. The Morgan fingerprint density at radius 2 is 2.15 bits per heavy atom. The van der Waals surface area contributed by atoms with E-state index in [0.29, 0.717) is 18.9 Å². The molecule has 1 amide bonds. The van der Waals surface area contributed by atoms with Crippen LogP contribution >= 0.6 is 0 Å². The lowest BCUT2D eigenvalue weighted by Gasteiger charge is -2.41. The van der Waals surface area contributed by atoms with E-state index in [0.717, 1.165) is 56.2 Å². The maximum atomic E-state index is 12.9. The van der Waals surface area contributed by atoms with Crippen LogP contribution in [-0.2, 0) is 30.8 Å². The first-order valence-electron chi connectivity index (χ1n) is 9.82. The van der Waals surface area contributed by atoms with Crippen molar-refractivity contribution in [1.29, 1.82) is 0 Å². The molecule has 5 heterocycles. The van der Waals surface area contributed by atoms with Gasteiger partial charge >= 0.3 is 0 Å². The van der Waals surface area contributed by atoms with Crippen LogP contribution in [0.1, 0.15) is 34.5 Å². The van der Waals surface area contributed by atoms with Gasteiger partial charge in [-0.3, -0.25) is 14.8 Å². The molecule has 0 spiro atoms. The lowest BCUT2D eigenvalue weighted by atomic mass is 9.94. The Morgan fingerprint density at radius 3 is 2.96 bits per heavy atom. The van der Waals surface area contributed by atoms with E-state index in [1.807, 2.05) is 17.2 Å². The third kappa shape index (κ3) is 2.98. The molecule has 2 aromatic rings. The number of carbonyl (C=O) groups is 1. The van der Waals surface area contributed by atoms with E-state index in [1.54, 1.807) is 6.20 Å². The molecule has 5 rings (SSSR count). The Hall–Kier alpha value is -2.47. The van der Waals surface area contributed by atoms with Crippen molar-refractivity contribution in [2.75, 3.05) is 24.5 Å². The van der Waals surface area contributed by atoms with Crippen LogP contribution in [0, 0.1) is 12.8 Å². The van der Waals surface area contributed by atoms with Crippen molar-refractivity contribution in [3.05, 3.63) is 52.6 Å². The van der Waals surface area contributed by atoms with E-state index >= 15 is 0 Å². The Labute approximate surface area is 159 Å². The van der Waals surface area contributed by atoms with Crippen LogP contribution in [0.2, 0.25) is 0 Å². The van der Waals surface area contributed by atoms with E-state index in [9.17, 15) is 4.79 Å². The average molecular weight is 363 g/mol. The highest BCUT2D eigenvalue weighted by Crippen LogP contribution is 2.32. The number of amides is 1. The normalized spacial score (nSPS) is 18.9. The molecule has 6 heteroatoms. The first kappa shape index (κ1) is 16.7. The molecule has 0 unspecified atom stereocenters. The number of anilines is 1. The minimum Gasteiger partial charge on any atom is -0.370 e. The Bertz CT molecular complexity index is 876. The summed E-state index contributed by atoms with van der Waals surface area (Å²) in [6.45, 7) is 7.31. The monoisotopic (exact) mass is 363 g/mol. The molecule has 0 radical (unpaired) electrons. The molecule has 1 N–H and O–H groups in total. The number of hydrogen-bond donors (Lipinski definition) is 1. The van der Waals surface area contributed by atoms with Gasteiger partial charge in [0.05, 0.1) is 24.1 Å². The van der Waals surface area contributed by atoms with E-state index in [2.05, 4.69) is 28.2 Å². The molecular weight excluding hydrogens is 338 g/mol. The van der Waals surface area contributed by atoms with Gasteiger partial charge in [-0.15, -0.1) is 0 Å². The van der Waals surface area contributed by atoms with E-state index < -0.39 is 0 Å². The van der Waals surface area contributed by atoms with E-state index in [4.69, 9.17) is 4.98 Å². The Balaban J connectivity index is 1.23. The van der Waals surface area contributed by atoms with Gasteiger partial charge in [0.1, 0.15) is 0 Å². The van der Waals surface area contributed by atoms with Crippen LogP contribution in [0.25, 0.3) is 0 Å². The molecule has 1 saturated heterocycles. The Kier molecular flexibility index (Phi) is 4.08. The number of aryl methyl sites for hydroxylation is 1. The molecule has 0 bridgehead atoms. The highest BCUT2D eigenvalue weighted by atomic mass is 16.2. The smallest absolute Gasteiger partial charge is 0.223 e. The Morgan fingerprint density at radius 1 is 1.26 bits per heavy atom. The van der Waals surface area contributed by atoms with Crippen molar-refractivity contribution in [1.82, 2.24) is 20.2 Å². The number of hydrogen-bond acceptors (Lipinski definition) is 5. The third-order valence-corrected chi connectivity index (χ3v) is 6.14. The third-order valence-electron chi connectivity index (χ3n) is 6.14. The SMILES string of the molecule is Cc1nc2c(c3c1CCNC3)CN(C(=O)CC1CN(c3cccnc3)C1)C2. The van der Waals surface area contributed by atoms with Crippen molar-refractivity contribution in [3.8, 4) is 0 Å². The molecule has 3 aliphatic rings. The maximum Gasteiger partial charge on any atom is 0.223 e. The van der Waals surface area contributed by atoms with Crippen molar-refractivity contribution >= 4 is 11.6 Å². The summed E-state index contributed by atoms with van der Waals surface area (Å²) in [6, 6.07) is 4.03. The number of rotatable bonds is 3. The van der Waals surface area contributed by atoms with Gasteiger partial charge in [-0.25, -0.2) is 0 Å². The van der Waals surface area contributed by atoms with Crippen LogP contribution in [0.5, 0.6) is 0 Å². The highest BCUT2D eigenvalue weighted by Gasteiger charge is 2.34. The van der Waals surface area contributed by atoms with Gasteiger partial charge in [-0.2, -0.15) is 0 Å². The summed E-state index contributed by atoms with van der Waals surface area (Å²) in [4.78, 5) is 26.2. The summed E-state index contributed by atoms with van der Waals surface area (Å²) in [5.74, 6) is 0.700. The van der Waals surface area contributed by atoms with Gasteiger partial charge in [0.25, 0.3) is 0 Å². The van der Waals surface area contributed by atoms with Gasteiger partial charge in [-0.1, -0.05) is 0 Å². The minimum atomic E-state index is 0.263. The zero-order chi connectivity index (χ0) is 18.4. The standard InChI is InChI=1S/C21H25N5O/c1-14-17-4-6-23-9-18(17)19-12-26(13-20(19)24-14)21(27)7-15-10-25(11-15)16-3-2-5-22-8-16/h2-3,5,8,15,23H,4,6-7,9-13H2,1H3. The van der Waals surface area contributed by atoms with Crippen molar-refractivity contribution in [2.24, 2.45) is 5.92 Å². The fraction of sp³-hybridized carbons (Fsp3) is 0.476. The minimum absolute atomic E-state index is 0.263. The lowest BCUT2D eigenvalue weighted by Crippen LogP contribution is -2.48. The largest absolute Gasteiger partial charge is 0.370 e. The summed E-state index contributed by atoms with van der Waals surface area (Å²) >= 11 is 0. The fourth-order valence-electron chi connectivity index (χ4n) is 4.63. The van der Waals surface area contributed by atoms with Gasteiger partial charge in [0, 0.05) is 50.4 Å². The zero-order valence-corrected chi connectivity index (χ0v) is 15.7. The number of nitrogens with one attached hydrogen (secondary N) is 1. The highest BCUT2D eigenvalue weighted by molar-refractivity contribution is 5.77. The molecule has 0 saturated carbocycles. The van der Waals surface area contributed by atoms with Crippen LogP contribution in [0.15, 0.2) is 24.5 Å². The van der Waals surface area contributed by atoms with Crippen molar-refractivity contribution in [3.63, 3.8) is 0 Å². The predicted molar refractivity (Wildman–Crippen MR) is 103 cm³/mol. The first-order chi connectivity index (χ1) is 13.2. The fourth-order valence-corrected chi connectivity index (χ4v) is 4.63. The number of nitrogens with zero attached hydrogens (tertiary/aromatic N) is 4. The molecule has 1 fully saturated rings. The molecule has 0 aliphatic carbocycles. The summed E-state index contributed by atoms with van der Waals surface area (Å²) < 4.78 is 0. The summed E-state index contributed by atoms with van der Waals surface area (Å²) in [6.07, 6.45) is 5.35. The topological polar surface area (TPSA) is 61.4 Å². The summed E-state index contributed by atoms with van der Waals surface area (Å²) in [5.41, 5.74) is 7.48. The van der Waals surface area contributed by atoms with Crippen LogP contribution in [0.4, 0.5) is 5.69 Å². The lowest BCUT2D eigenvalue weighted by molar-refractivity contribution is -0.133. The molecule has 27 heavy (non-hydrogen) atoms. The van der Waals surface area contributed by atoms with Crippen LogP contribution in [-0.4, -0.2) is 40.4 Å². The average Bonchev–Trinajstić information content (AvgIpc) is 3.09. The van der Waals surface area contributed by atoms with E-state index in [1.165, 1.54) is 16.7 Å². The molecular formula is C21H25N5O. The second-order valence-corrected chi connectivity index (χ2v) is 7.94. The quantitative estimate of drug-likeness (QED) is 0.901. The van der Waals surface area contributed by atoms with Gasteiger partial charge in [-0.05, 0) is 48.7 Å². The number of carbonyl (C=O) groups excluding carboxylic acids is 1. The van der Waals surface area contributed by atoms with Crippen LogP contribution in [0.3, 0.4) is 0 Å². The maximum absolute atomic E-state index is 12.9. The molecule has 2 aromatic heterocycles. The second-order valence-electron chi connectivity index (χ2n) is 7.94. The molecule has 0 aromatic carbocycles. The molecule has 3 aliphatic heterocycles. The zero-order valence-electron chi connectivity index (χ0n) is 15.7. The number of fused-ring (bicyclic) bond motifs is 3. The summed E-state index contributed by atoms with van der Waals surface area (Å²) in [7, 11) is 0. The first-order valence-corrected chi connectivity index (χ1v) is 9.82. The van der Waals surface area contributed by atoms with Crippen molar-refractivity contribution in [2.45, 2.75) is 39.4 Å². The van der Waals surface area contributed by atoms with E-state index in [-0.39, 0.29) is 5.91 Å². The van der Waals surface area contributed by atoms with Gasteiger partial charge < -0.3 is 15.1 Å². The van der Waals surface area contributed by atoms with Gasteiger partial charge in [0.2, 0.25) is 5.91 Å².